The van der Waals surface area contributed by atoms with Crippen LogP contribution in [0.5, 0.6) is 0 Å². The monoisotopic (exact) mass is 934 g/mol. The highest BCUT2D eigenvalue weighted by Crippen LogP contribution is 2.53. The van der Waals surface area contributed by atoms with E-state index in [0.29, 0.717) is 34.0 Å². The van der Waals surface area contributed by atoms with E-state index in [0.717, 1.165) is 110 Å². The Morgan fingerprint density at radius 1 is 0.450 bits per heavy atom. The van der Waals surface area contributed by atoms with Crippen LogP contribution in [0.15, 0.2) is 83.6 Å². The molecule has 4 nitrogen and oxygen atoms in total. The summed E-state index contributed by atoms with van der Waals surface area (Å²) in [5, 5.41) is 6.58. The molecule has 0 saturated carbocycles. The molecule has 298 valence electrons. The molecule has 0 atom stereocenters. The van der Waals surface area contributed by atoms with Gasteiger partial charge in [0, 0.05) is 81.4 Å². The van der Waals surface area contributed by atoms with Crippen LogP contribution in [-0.2, 0) is 12.8 Å². The maximum atomic E-state index is 16.4. The lowest BCUT2D eigenvalue weighted by Crippen LogP contribution is -1.89. The summed E-state index contributed by atoms with van der Waals surface area (Å²) >= 11 is 12.3. The minimum Gasteiger partial charge on any atom is -0.206 e. The third-order valence-corrected chi connectivity index (χ3v) is 18.0. The first kappa shape index (κ1) is 38.8. The van der Waals surface area contributed by atoms with Crippen LogP contribution >= 0.6 is 91.5 Å². The number of fused-ring (bicyclic) bond motifs is 4. The Kier molecular flexibility index (Phi) is 9.92. The number of thiophene rings is 6. The number of hydrogen-bond donors (Lipinski definition) is 0. The van der Waals surface area contributed by atoms with Crippen molar-refractivity contribution in [2.45, 2.75) is 40.5 Å². The van der Waals surface area contributed by atoms with Gasteiger partial charge in [0.2, 0.25) is 0 Å². The Morgan fingerprint density at radius 3 is 1.25 bits per heavy atom. The van der Waals surface area contributed by atoms with Crippen molar-refractivity contribution in [3.05, 3.63) is 105 Å². The van der Waals surface area contributed by atoms with Crippen molar-refractivity contribution in [3.8, 4) is 62.6 Å². The van der Waals surface area contributed by atoms with E-state index in [1.165, 1.54) is 19.2 Å². The highest BCUT2D eigenvalue weighted by atomic mass is 32.1. The second kappa shape index (κ2) is 15.3. The maximum Gasteiger partial charge on any atom is 0.134 e. The molecule has 3 aromatic carbocycles. The third-order valence-electron chi connectivity index (χ3n) is 10.6. The Morgan fingerprint density at radius 2 is 0.833 bits per heavy atom. The van der Waals surface area contributed by atoms with Gasteiger partial charge in [-0.1, -0.05) is 27.7 Å². The molecule has 0 saturated heterocycles. The SMILES string of the molecule is CC(C)Cc1ccc(-c2cc(F)c(-c3ccc(-c4c5ccsc5c(-c5ccc(-c6c(F)cc(-c7ccc(CC(C)C)s7)c7nsnc67)s5)c5ccsc45)s3)c3nsnc23)s1. The average Bonchev–Trinajstić information content (AvgIpc) is 4.07. The number of nitrogens with zero attached hydrogens (tertiary/aromatic N) is 4. The average molecular weight is 935 g/mol. The number of aromatic nitrogens is 4. The second-order valence-corrected chi connectivity index (χ2v) is 23.0. The van der Waals surface area contributed by atoms with Gasteiger partial charge in [-0.05, 0) is 108 Å². The molecule has 0 spiro atoms. The predicted molar refractivity (Wildman–Crippen MR) is 260 cm³/mol. The van der Waals surface area contributed by atoms with Crippen LogP contribution in [0.4, 0.5) is 8.78 Å². The Hall–Kier alpha value is -4.12. The van der Waals surface area contributed by atoms with Gasteiger partial charge >= 0.3 is 0 Å². The van der Waals surface area contributed by atoms with Gasteiger partial charge in [0.25, 0.3) is 0 Å². The van der Waals surface area contributed by atoms with Crippen LogP contribution in [0.1, 0.15) is 37.4 Å². The van der Waals surface area contributed by atoms with Crippen molar-refractivity contribution in [2.75, 3.05) is 0 Å². The molecule has 11 rings (SSSR count). The van der Waals surface area contributed by atoms with Crippen molar-refractivity contribution >= 4 is 134 Å². The second-order valence-electron chi connectivity index (χ2n) is 15.6. The molecular formula is C46H32F2N4S8. The quantitative estimate of drug-likeness (QED) is 0.137. The van der Waals surface area contributed by atoms with Crippen molar-refractivity contribution in [1.82, 2.24) is 17.5 Å². The maximum absolute atomic E-state index is 16.4. The zero-order chi connectivity index (χ0) is 40.8. The summed E-state index contributed by atoms with van der Waals surface area (Å²) in [6, 6.07) is 24.4. The molecule has 0 bridgehead atoms. The summed E-state index contributed by atoms with van der Waals surface area (Å²) in [6.45, 7) is 8.84. The summed E-state index contributed by atoms with van der Waals surface area (Å²) in [4.78, 5) is 8.38. The molecule has 0 fully saturated rings. The zero-order valence-electron chi connectivity index (χ0n) is 32.5. The number of rotatable bonds is 10. The largest absolute Gasteiger partial charge is 0.206 e. The van der Waals surface area contributed by atoms with E-state index in [2.05, 4.69) is 104 Å². The molecule has 14 heteroatoms. The minimum atomic E-state index is -0.290. The van der Waals surface area contributed by atoms with Crippen LogP contribution in [-0.4, -0.2) is 17.5 Å². The van der Waals surface area contributed by atoms with Gasteiger partial charge in [0.1, 0.15) is 33.7 Å². The third kappa shape index (κ3) is 6.53. The first-order chi connectivity index (χ1) is 29.2. The van der Waals surface area contributed by atoms with Gasteiger partial charge in [-0.25, -0.2) is 8.78 Å². The molecule has 0 aliphatic heterocycles. The van der Waals surface area contributed by atoms with Gasteiger partial charge < -0.3 is 0 Å². The van der Waals surface area contributed by atoms with Crippen LogP contribution in [0.25, 0.3) is 105 Å². The Bertz CT molecular complexity index is 3130. The van der Waals surface area contributed by atoms with E-state index in [4.69, 9.17) is 0 Å². The molecule has 0 aliphatic carbocycles. The van der Waals surface area contributed by atoms with Crippen molar-refractivity contribution in [3.63, 3.8) is 0 Å². The summed E-state index contributed by atoms with van der Waals surface area (Å²) in [7, 11) is 0. The van der Waals surface area contributed by atoms with Crippen LogP contribution < -0.4 is 0 Å². The Balaban J connectivity index is 0.977. The lowest BCUT2D eigenvalue weighted by Gasteiger charge is -2.10. The summed E-state index contributed by atoms with van der Waals surface area (Å²) in [5.41, 5.74) is 7.58. The fourth-order valence-electron chi connectivity index (χ4n) is 8.08. The van der Waals surface area contributed by atoms with E-state index in [9.17, 15) is 0 Å². The lowest BCUT2D eigenvalue weighted by atomic mass is 10.00. The van der Waals surface area contributed by atoms with Crippen molar-refractivity contribution < 1.29 is 8.78 Å². The van der Waals surface area contributed by atoms with E-state index in [-0.39, 0.29) is 11.6 Å². The van der Waals surface area contributed by atoms with Gasteiger partial charge in [0.15, 0.2) is 0 Å². The predicted octanol–water partition coefficient (Wildman–Crippen LogP) is 17.0. The van der Waals surface area contributed by atoms with Crippen LogP contribution in [0, 0.1) is 23.5 Å². The summed E-state index contributed by atoms with van der Waals surface area (Å²) < 4.78 is 53.8. The summed E-state index contributed by atoms with van der Waals surface area (Å²) in [5.74, 6) is 0.511. The lowest BCUT2D eigenvalue weighted by molar-refractivity contribution is 0.633. The number of halogens is 2. The highest BCUT2D eigenvalue weighted by molar-refractivity contribution is 7.23. The van der Waals surface area contributed by atoms with E-state index in [1.807, 2.05) is 12.1 Å². The minimum absolute atomic E-state index is 0.290. The van der Waals surface area contributed by atoms with E-state index < -0.39 is 0 Å². The molecule has 0 amide bonds. The normalized spacial score (nSPS) is 12.3. The molecule has 11 aromatic rings. The fraction of sp³-hybridized carbons (Fsp3) is 0.174. The molecular weight excluding hydrogens is 903 g/mol. The molecule has 0 unspecified atom stereocenters. The van der Waals surface area contributed by atoms with Crippen molar-refractivity contribution in [2.24, 2.45) is 11.8 Å². The fourth-order valence-corrected chi connectivity index (χ4v) is 16.0. The molecule has 8 aromatic heterocycles. The topological polar surface area (TPSA) is 51.6 Å². The molecule has 8 heterocycles. The van der Waals surface area contributed by atoms with Crippen LogP contribution in [0.2, 0.25) is 0 Å². The number of hydrogen-bond acceptors (Lipinski definition) is 12. The van der Waals surface area contributed by atoms with E-state index >= 15 is 8.78 Å². The molecule has 0 aliphatic rings. The van der Waals surface area contributed by atoms with Gasteiger partial charge in [-0.15, -0.1) is 68.0 Å². The smallest absolute Gasteiger partial charge is 0.134 e. The van der Waals surface area contributed by atoms with E-state index in [1.54, 1.807) is 80.2 Å². The van der Waals surface area contributed by atoms with Gasteiger partial charge in [-0.2, -0.15) is 17.5 Å². The van der Waals surface area contributed by atoms with Crippen LogP contribution in [0.3, 0.4) is 0 Å². The zero-order valence-corrected chi connectivity index (χ0v) is 39.0. The van der Waals surface area contributed by atoms with Crippen molar-refractivity contribution in [1.29, 1.82) is 0 Å². The van der Waals surface area contributed by atoms with Gasteiger partial charge in [-0.3, -0.25) is 0 Å². The molecule has 0 N–H and O–H groups in total. The standard InChI is InChI=1S/C46H32F2N4S8/c1-21(2)17-23-5-7-31(55-23)27-19-29(47)39(43-41(27)49-59-51-43)35-11-9-33(57-35)37-25-13-15-54-46(25)38(26-14-16-53-45(26)37)34-10-12-36(58-34)40-30(48)20-28(42-44(40)52-60-50-42)32-8-6-24(56-32)18-22(3)4/h5-16,19-22H,17-18H2,1-4H3. The Labute approximate surface area is 376 Å². The summed E-state index contributed by atoms with van der Waals surface area (Å²) in [6.07, 6.45) is 1.98. The molecule has 0 radical (unpaired) electrons. The highest BCUT2D eigenvalue weighted by Gasteiger charge is 2.26. The molecule has 60 heavy (non-hydrogen) atoms. The van der Waals surface area contributed by atoms with Gasteiger partial charge in [0.05, 0.1) is 34.6 Å². The number of benzene rings is 3. The first-order valence-corrected chi connectivity index (χ1v) is 25.9. The first-order valence-electron chi connectivity index (χ1n) is 19.4.